The molecule has 0 bridgehead atoms. The van der Waals surface area contributed by atoms with E-state index in [0.29, 0.717) is 5.92 Å². The predicted molar refractivity (Wildman–Crippen MR) is 93.2 cm³/mol. The van der Waals surface area contributed by atoms with Crippen LogP contribution in [0.3, 0.4) is 0 Å². The topological polar surface area (TPSA) is 47.6 Å². The summed E-state index contributed by atoms with van der Waals surface area (Å²) in [4.78, 5) is 16.6. The third kappa shape index (κ3) is 8.59. The molecule has 0 aromatic heterocycles. The summed E-state index contributed by atoms with van der Waals surface area (Å²) in [6.07, 6.45) is 3.63. The second kappa shape index (κ2) is 10.1. The maximum absolute atomic E-state index is 12.1. The van der Waals surface area contributed by atoms with Gasteiger partial charge in [0.2, 0.25) is 0 Å². The summed E-state index contributed by atoms with van der Waals surface area (Å²) in [7, 11) is 4.09. The van der Waals surface area contributed by atoms with Gasteiger partial charge in [-0.05, 0) is 51.7 Å². The number of likely N-dealkylation sites (N-methyl/N-ethyl adjacent to an activating group) is 1. The molecule has 2 atom stereocenters. The van der Waals surface area contributed by atoms with Crippen LogP contribution >= 0.6 is 0 Å². The Morgan fingerprint density at radius 1 is 1.36 bits per heavy atom. The number of amides is 2. The maximum atomic E-state index is 12.1. The van der Waals surface area contributed by atoms with E-state index in [4.69, 9.17) is 0 Å². The first-order valence-electron chi connectivity index (χ1n) is 8.78. The Morgan fingerprint density at radius 3 is 2.68 bits per heavy atom. The molecule has 1 heterocycles. The van der Waals surface area contributed by atoms with Gasteiger partial charge in [0.15, 0.2) is 0 Å². The number of hydrogen-bond acceptors (Lipinski definition) is 3. The lowest BCUT2D eigenvalue weighted by molar-refractivity contribution is 0.183. The van der Waals surface area contributed by atoms with E-state index in [1.807, 2.05) is 14.1 Å². The molecule has 5 heteroatoms. The largest absolute Gasteiger partial charge is 0.337 e. The zero-order chi connectivity index (χ0) is 16.5. The van der Waals surface area contributed by atoms with Crippen molar-refractivity contribution >= 4 is 6.03 Å². The second-order valence-corrected chi connectivity index (χ2v) is 7.54. The Kier molecular flexibility index (Phi) is 8.79. The van der Waals surface area contributed by atoms with Crippen LogP contribution < -0.4 is 10.6 Å². The van der Waals surface area contributed by atoms with Crippen LogP contribution in [0.1, 0.15) is 40.0 Å². The second-order valence-electron chi connectivity index (χ2n) is 7.54. The van der Waals surface area contributed by atoms with Crippen molar-refractivity contribution in [1.29, 1.82) is 0 Å². The van der Waals surface area contributed by atoms with Gasteiger partial charge in [-0.1, -0.05) is 20.8 Å². The summed E-state index contributed by atoms with van der Waals surface area (Å²) in [5.41, 5.74) is 0. The fourth-order valence-corrected chi connectivity index (χ4v) is 3.24. The standard InChI is InChI=1S/C17H36N4O/c1-14(2)11-16(13-20(4)5)19-17(22)18-8-10-21-9-6-7-15(3)12-21/h14-16H,6-13H2,1-5H3,(H2,18,19,22). The van der Waals surface area contributed by atoms with Gasteiger partial charge in [-0.3, -0.25) is 0 Å². The van der Waals surface area contributed by atoms with Crippen molar-refractivity contribution in [2.45, 2.75) is 46.1 Å². The lowest BCUT2D eigenvalue weighted by atomic mass is 10.0. The summed E-state index contributed by atoms with van der Waals surface area (Å²) in [6.45, 7) is 11.6. The molecule has 5 nitrogen and oxygen atoms in total. The molecule has 0 aromatic carbocycles. The molecule has 1 saturated heterocycles. The summed E-state index contributed by atoms with van der Waals surface area (Å²) >= 11 is 0. The molecule has 130 valence electrons. The van der Waals surface area contributed by atoms with Crippen LogP contribution in [0.2, 0.25) is 0 Å². The first-order valence-corrected chi connectivity index (χ1v) is 8.78. The molecule has 22 heavy (non-hydrogen) atoms. The van der Waals surface area contributed by atoms with E-state index in [0.717, 1.165) is 32.0 Å². The number of piperidine rings is 1. The van der Waals surface area contributed by atoms with Crippen LogP contribution in [0.5, 0.6) is 0 Å². The third-order valence-electron chi connectivity index (χ3n) is 4.13. The van der Waals surface area contributed by atoms with E-state index >= 15 is 0 Å². The number of rotatable bonds is 8. The summed E-state index contributed by atoms with van der Waals surface area (Å²) in [5, 5.41) is 6.13. The zero-order valence-electron chi connectivity index (χ0n) is 15.2. The molecule has 2 unspecified atom stereocenters. The predicted octanol–water partition coefficient (Wildman–Crippen LogP) is 1.99. The Morgan fingerprint density at radius 2 is 2.09 bits per heavy atom. The van der Waals surface area contributed by atoms with Crippen molar-refractivity contribution in [3.05, 3.63) is 0 Å². The molecule has 1 aliphatic rings. The van der Waals surface area contributed by atoms with Crippen molar-refractivity contribution in [2.75, 3.05) is 46.8 Å². The number of likely N-dealkylation sites (tertiary alicyclic amines) is 1. The SMILES string of the molecule is CC(C)CC(CN(C)C)NC(=O)NCCN1CCCC(C)C1. The zero-order valence-corrected chi connectivity index (χ0v) is 15.2. The van der Waals surface area contributed by atoms with Crippen LogP contribution in [0.25, 0.3) is 0 Å². The Labute approximate surface area is 136 Å². The maximum Gasteiger partial charge on any atom is 0.315 e. The molecule has 2 N–H and O–H groups in total. The fraction of sp³-hybridized carbons (Fsp3) is 0.941. The molecule has 1 fully saturated rings. The first kappa shape index (κ1) is 19.2. The van der Waals surface area contributed by atoms with E-state index < -0.39 is 0 Å². The number of nitrogens with one attached hydrogen (secondary N) is 2. The van der Waals surface area contributed by atoms with Crippen LogP contribution in [0.15, 0.2) is 0 Å². The average molecular weight is 313 g/mol. The number of hydrogen-bond donors (Lipinski definition) is 2. The molecule has 0 aromatic rings. The molecule has 0 aliphatic carbocycles. The Bertz CT molecular complexity index is 310. The van der Waals surface area contributed by atoms with Crippen LogP contribution in [-0.2, 0) is 0 Å². The Hall–Kier alpha value is -0.810. The van der Waals surface area contributed by atoms with Gasteiger partial charge in [-0.15, -0.1) is 0 Å². The minimum atomic E-state index is -0.0300. The van der Waals surface area contributed by atoms with Gasteiger partial charge < -0.3 is 20.4 Å². The van der Waals surface area contributed by atoms with E-state index in [-0.39, 0.29) is 12.1 Å². The number of urea groups is 1. The average Bonchev–Trinajstić information content (AvgIpc) is 2.36. The molecule has 0 radical (unpaired) electrons. The van der Waals surface area contributed by atoms with Crippen LogP contribution in [-0.4, -0.2) is 68.7 Å². The summed E-state index contributed by atoms with van der Waals surface area (Å²) < 4.78 is 0. The molecular weight excluding hydrogens is 276 g/mol. The van der Waals surface area contributed by atoms with E-state index in [2.05, 4.69) is 41.2 Å². The van der Waals surface area contributed by atoms with Gasteiger partial charge in [0.25, 0.3) is 0 Å². The van der Waals surface area contributed by atoms with Gasteiger partial charge in [0.05, 0.1) is 0 Å². The van der Waals surface area contributed by atoms with Crippen LogP contribution in [0, 0.1) is 11.8 Å². The molecular formula is C17H36N4O. The van der Waals surface area contributed by atoms with E-state index in [9.17, 15) is 4.79 Å². The minimum Gasteiger partial charge on any atom is -0.337 e. The normalized spacial score (nSPS) is 21.1. The lowest BCUT2D eigenvalue weighted by Crippen LogP contribution is -2.48. The molecule has 0 saturated carbocycles. The van der Waals surface area contributed by atoms with Crippen molar-refractivity contribution in [1.82, 2.24) is 20.4 Å². The Balaban J connectivity index is 2.24. The van der Waals surface area contributed by atoms with Gasteiger partial charge in [0.1, 0.15) is 0 Å². The van der Waals surface area contributed by atoms with E-state index in [1.54, 1.807) is 0 Å². The quantitative estimate of drug-likeness (QED) is 0.720. The highest BCUT2D eigenvalue weighted by Gasteiger charge is 2.17. The lowest BCUT2D eigenvalue weighted by Gasteiger charge is -2.31. The number of carbonyl (C=O) groups excluding carboxylic acids is 1. The number of nitrogens with zero attached hydrogens (tertiary/aromatic N) is 2. The fourth-order valence-electron chi connectivity index (χ4n) is 3.24. The van der Waals surface area contributed by atoms with Gasteiger partial charge in [-0.25, -0.2) is 4.79 Å². The van der Waals surface area contributed by atoms with Gasteiger partial charge >= 0.3 is 6.03 Å². The minimum absolute atomic E-state index is 0.0300. The first-order chi connectivity index (χ1) is 10.4. The molecule has 0 spiro atoms. The summed E-state index contributed by atoms with van der Waals surface area (Å²) in [6, 6.07) is 0.183. The van der Waals surface area contributed by atoms with Crippen molar-refractivity contribution in [3.63, 3.8) is 0 Å². The summed E-state index contributed by atoms with van der Waals surface area (Å²) in [5.74, 6) is 1.37. The van der Waals surface area contributed by atoms with Crippen LogP contribution in [0.4, 0.5) is 4.79 Å². The molecule has 2 amide bonds. The van der Waals surface area contributed by atoms with Crippen molar-refractivity contribution < 1.29 is 4.79 Å². The smallest absolute Gasteiger partial charge is 0.315 e. The molecule has 1 aliphatic heterocycles. The van der Waals surface area contributed by atoms with Gasteiger partial charge in [-0.2, -0.15) is 0 Å². The van der Waals surface area contributed by atoms with Crippen molar-refractivity contribution in [2.24, 2.45) is 11.8 Å². The highest BCUT2D eigenvalue weighted by atomic mass is 16.2. The number of carbonyl (C=O) groups is 1. The van der Waals surface area contributed by atoms with E-state index in [1.165, 1.54) is 25.9 Å². The van der Waals surface area contributed by atoms with Crippen molar-refractivity contribution in [3.8, 4) is 0 Å². The highest BCUT2D eigenvalue weighted by Crippen LogP contribution is 2.14. The molecule has 1 rings (SSSR count). The third-order valence-corrected chi connectivity index (χ3v) is 4.13. The monoisotopic (exact) mass is 312 g/mol. The highest BCUT2D eigenvalue weighted by molar-refractivity contribution is 5.74. The van der Waals surface area contributed by atoms with Gasteiger partial charge in [0, 0.05) is 32.2 Å².